The molecule has 3 fully saturated rings. The maximum atomic E-state index is 12.6. The standard InChI is InChI=1S/C19H24N2O2/c1-21-11-13(10-16(21)22)19(23)20-18-15-9-5-8-14(15)17(18)12-6-3-2-4-7-12/h2-4,6-7,13-15,17-18H,5,8-11H2,1H3,(H,20,23). The third-order valence-electron chi connectivity index (χ3n) is 6.14. The number of benzene rings is 1. The van der Waals surface area contributed by atoms with Gasteiger partial charge in [-0.2, -0.15) is 0 Å². The Kier molecular flexibility index (Phi) is 3.63. The maximum Gasteiger partial charge on any atom is 0.225 e. The molecule has 5 unspecified atom stereocenters. The summed E-state index contributed by atoms with van der Waals surface area (Å²) in [6.45, 7) is 0.557. The van der Waals surface area contributed by atoms with Crippen molar-refractivity contribution in [1.29, 1.82) is 0 Å². The van der Waals surface area contributed by atoms with E-state index in [1.54, 1.807) is 11.9 Å². The van der Waals surface area contributed by atoms with Crippen LogP contribution in [0.15, 0.2) is 30.3 Å². The Hall–Kier alpha value is -1.84. The van der Waals surface area contributed by atoms with Crippen molar-refractivity contribution in [3.8, 4) is 0 Å². The van der Waals surface area contributed by atoms with Gasteiger partial charge < -0.3 is 10.2 Å². The lowest BCUT2D eigenvalue weighted by Gasteiger charge is -2.50. The first-order valence-corrected chi connectivity index (χ1v) is 8.74. The molecular formula is C19H24N2O2. The van der Waals surface area contributed by atoms with Crippen LogP contribution in [0.5, 0.6) is 0 Å². The Labute approximate surface area is 137 Å². The van der Waals surface area contributed by atoms with E-state index in [4.69, 9.17) is 0 Å². The molecule has 2 saturated carbocycles. The fourth-order valence-electron chi connectivity index (χ4n) is 4.94. The van der Waals surface area contributed by atoms with E-state index in [0.717, 1.165) is 5.92 Å². The van der Waals surface area contributed by atoms with Crippen molar-refractivity contribution >= 4 is 11.8 Å². The highest BCUT2D eigenvalue weighted by Gasteiger charge is 2.53. The second kappa shape index (κ2) is 5.66. The van der Waals surface area contributed by atoms with Gasteiger partial charge in [0.15, 0.2) is 0 Å². The summed E-state index contributed by atoms with van der Waals surface area (Å²) in [5.74, 6) is 1.76. The fourth-order valence-corrected chi connectivity index (χ4v) is 4.94. The van der Waals surface area contributed by atoms with Crippen molar-refractivity contribution in [2.24, 2.45) is 17.8 Å². The molecule has 1 aliphatic heterocycles. The summed E-state index contributed by atoms with van der Waals surface area (Å²) < 4.78 is 0. The average Bonchev–Trinajstić information content (AvgIpc) is 3.10. The molecule has 1 aromatic rings. The van der Waals surface area contributed by atoms with Gasteiger partial charge in [0.2, 0.25) is 11.8 Å². The summed E-state index contributed by atoms with van der Waals surface area (Å²) in [5.41, 5.74) is 1.35. The topological polar surface area (TPSA) is 49.4 Å². The SMILES string of the molecule is CN1CC(C(=O)NC2C3CCCC3C2c2ccccc2)CC1=O. The van der Waals surface area contributed by atoms with Crippen LogP contribution < -0.4 is 5.32 Å². The predicted molar refractivity (Wildman–Crippen MR) is 87.7 cm³/mol. The molecule has 0 spiro atoms. The van der Waals surface area contributed by atoms with Gasteiger partial charge in [-0.3, -0.25) is 9.59 Å². The molecule has 1 saturated heterocycles. The molecule has 122 valence electrons. The van der Waals surface area contributed by atoms with Gasteiger partial charge >= 0.3 is 0 Å². The van der Waals surface area contributed by atoms with E-state index < -0.39 is 0 Å². The molecule has 0 radical (unpaired) electrons. The van der Waals surface area contributed by atoms with Gasteiger partial charge in [-0.1, -0.05) is 36.8 Å². The molecular weight excluding hydrogens is 288 g/mol. The molecule has 0 bridgehead atoms. The minimum Gasteiger partial charge on any atom is -0.352 e. The van der Waals surface area contributed by atoms with Gasteiger partial charge in [0.1, 0.15) is 0 Å². The zero-order valence-electron chi connectivity index (χ0n) is 13.6. The molecule has 4 rings (SSSR count). The van der Waals surface area contributed by atoms with Crippen LogP contribution in [0, 0.1) is 17.8 Å². The van der Waals surface area contributed by atoms with Gasteiger partial charge in [-0.05, 0) is 30.2 Å². The lowest BCUT2D eigenvalue weighted by Crippen LogP contribution is -2.57. The van der Waals surface area contributed by atoms with E-state index in [2.05, 4.69) is 29.6 Å². The molecule has 3 aliphatic rings. The van der Waals surface area contributed by atoms with Crippen LogP contribution >= 0.6 is 0 Å². The first kappa shape index (κ1) is 14.7. The molecule has 0 aromatic heterocycles. The summed E-state index contributed by atoms with van der Waals surface area (Å²) in [7, 11) is 1.78. The summed E-state index contributed by atoms with van der Waals surface area (Å²) in [6, 6.07) is 10.8. The van der Waals surface area contributed by atoms with Crippen LogP contribution in [0.2, 0.25) is 0 Å². The number of carbonyl (C=O) groups is 2. The first-order valence-electron chi connectivity index (χ1n) is 8.74. The van der Waals surface area contributed by atoms with E-state index in [1.165, 1.54) is 24.8 Å². The van der Waals surface area contributed by atoms with E-state index in [0.29, 0.717) is 24.8 Å². The molecule has 5 atom stereocenters. The Bertz CT molecular complexity index is 615. The molecule has 2 aliphatic carbocycles. The highest BCUT2D eigenvalue weighted by atomic mass is 16.2. The number of likely N-dealkylation sites (tertiary alicyclic amines) is 1. The summed E-state index contributed by atoms with van der Waals surface area (Å²) >= 11 is 0. The number of fused-ring (bicyclic) bond motifs is 1. The van der Waals surface area contributed by atoms with Gasteiger partial charge in [0.05, 0.1) is 5.92 Å². The minimum absolute atomic E-state index is 0.0685. The van der Waals surface area contributed by atoms with Crippen LogP contribution in [0.1, 0.15) is 37.2 Å². The van der Waals surface area contributed by atoms with Gasteiger partial charge in [0.25, 0.3) is 0 Å². The molecule has 1 aromatic carbocycles. The third-order valence-corrected chi connectivity index (χ3v) is 6.14. The van der Waals surface area contributed by atoms with E-state index in [1.807, 2.05) is 6.07 Å². The summed E-state index contributed by atoms with van der Waals surface area (Å²) in [6.07, 6.45) is 4.14. The highest BCUT2D eigenvalue weighted by Crippen LogP contribution is 2.56. The van der Waals surface area contributed by atoms with Gasteiger partial charge in [-0.25, -0.2) is 0 Å². The van der Waals surface area contributed by atoms with Gasteiger partial charge in [-0.15, -0.1) is 0 Å². The van der Waals surface area contributed by atoms with Crippen molar-refractivity contribution in [2.75, 3.05) is 13.6 Å². The quantitative estimate of drug-likeness (QED) is 0.930. The number of rotatable bonds is 3. The van der Waals surface area contributed by atoms with E-state index in [9.17, 15) is 9.59 Å². The van der Waals surface area contributed by atoms with Crippen LogP contribution in [0.25, 0.3) is 0 Å². The Morgan fingerprint density at radius 3 is 2.61 bits per heavy atom. The van der Waals surface area contributed by atoms with Gasteiger partial charge in [0, 0.05) is 32.0 Å². The van der Waals surface area contributed by atoms with Crippen molar-refractivity contribution in [3.05, 3.63) is 35.9 Å². The number of nitrogens with one attached hydrogen (secondary N) is 1. The lowest BCUT2D eigenvalue weighted by atomic mass is 9.59. The molecule has 23 heavy (non-hydrogen) atoms. The second-order valence-electron chi connectivity index (χ2n) is 7.40. The van der Waals surface area contributed by atoms with Crippen molar-refractivity contribution in [2.45, 2.75) is 37.6 Å². The fraction of sp³-hybridized carbons (Fsp3) is 0.579. The maximum absolute atomic E-state index is 12.6. The van der Waals surface area contributed by atoms with Crippen LogP contribution in [0.3, 0.4) is 0 Å². The molecule has 1 heterocycles. The molecule has 2 amide bonds. The van der Waals surface area contributed by atoms with Crippen molar-refractivity contribution in [3.63, 3.8) is 0 Å². The normalized spacial score (nSPS) is 35.8. The lowest BCUT2D eigenvalue weighted by molar-refractivity contribution is -0.129. The number of carbonyl (C=O) groups excluding carboxylic acids is 2. The zero-order valence-corrected chi connectivity index (χ0v) is 13.6. The number of nitrogens with zero attached hydrogens (tertiary/aromatic N) is 1. The molecule has 1 N–H and O–H groups in total. The van der Waals surface area contributed by atoms with Crippen LogP contribution in [-0.4, -0.2) is 36.3 Å². The Morgan fingerprint density at radius 2 is 1.91 bits per heavy atom. The third kappa shape index (κ3) is 2.44. The van der Waals surface area contributed by atoms with E-state index in [-0.39, 0.29) is 23.8 Å². The number of amides is 2. The first-order chi connectivity index (χ1) is 11.1. The largest absolute Gasteiger partial charge is 0.352 e. The zero-order chi connectivity index (χ0) is 16.0. The van der Waals surface area contributed by atoms with Crippen molar-refractivity contribution in [1.82, 2.24) is 10.2 Å². The number of hydrogen-bond acceptors (Lipinski definition) is 2. The highest BCUT2D eigenvalue weighted by molar-refractivity contribution is 5.89. The summed E-state index contributed by atoms with van der Waals surface area (Å²) in [4.78, 5) is 26.0. The van der Waals surface area contributed by atoms with Crippen LogP contribution in [0.4, 0.5) is 0 Å². The van der Waals surface area contributed by atoms with E-state index >= 15 is 0 Å². The Morgan fingerprint density at radius 1 is 1.17 bits per heavy atom. The predicted octanol–water partition coefficient (Wildman–Crippen LogP) is 2.16. The van der Waals surface area contributed by atoms with Crippen LogP contribution in [-0.2, 0) is 9.59 Å². The molecule has 4 heteroatoms. The summed E-state index contributed by atoms with van der Waals surface area (Å²) in [5, 5.41) is 3.30. The smallest absolute Gasteiger partial charge is 0.225 e. The minimum atomic E-state index is -0.177. The van der Waals surface area contributed by atoms with Crippen molar-refractivity contribution < 1.29 is 9.59 Å². The average molecular weight is 312 g/mol. The Balaban J connectivity index is 1.48. The monoisotopic (exact) mass is 312 g/mol. The number of hydrogen-bond donors (Lipinski definition) is 1. The second-order valence-corrected chi connectivity index (χ2v) is 7.40. The molecule has 4 nitrogen and oxygen atoms in total.